The van der Waals surface area contributed by atoms with Crippen molar-refractivity contribution in [3.05, 3.63) is 28.9 Å². The molecule has 0 amide bonds. The monoisotopic (exact) mass is 256 g/mol. The molecule has 3 rings (SSSR count). The summed E-state index contributed by atoms with van der Waals surface area (Å²) < 4.78 is 1.52. The fourth-order valence-electron chi connectivity index (χ4n) is 1.75. The molecule has 3 aromatic heterocycles. The van der Waals surface area contributed by atoms with Gasteiger partial charge in [-0.25, -0.2) is 19.6 Å². The van der Waals surface area contributed by atoms with Gasteiger partial charge in [-0.1, -0.05) is 0 Å². The summed E-state index contributed by atoms with van der Waals surface area (Å²) in [6.45, 7) is 4.08. The average molecular weight is 256 g/mol. The number of hydrogen-bond acceptors (Lipinski definition) is 6. The summed E-state index contributed by atoms with van der Waals surface area (Å²) in [6.07, 6.45) is 2.99. The van der Waals surface area contributed by atoms with Gasteiger partial charge in [-0.3, -0.25) is 0 Å². The zero-order chi connectivity index (χ0) is 12.7. The average Bonchev–Trinajstić information content (AvgIpc) is 2.95. The molecule has 88 valence electrons. The van der Waals surface area contributed by atoms with E-state index in [9.17, 15) is 0 Å². The van der Waals surface area contributed by atoms with Crippen LogP contribution in [0.1, 0.15) is 16.3 Å². The number of fused-ring (bicyclic) bond motifs is 1. The summed E-state index contributed by atoms with van der Waals surface area (Å²) in [5, 5.41) is 13.8. The minimum absolute atomic E-state index is 0.131. The second-order valence-corrected chi connectivity index (χ2v) is 4.99. The first-order valence-electron chi connectivity index (χ1n) is 5.23. The van der Waals surface area contributed by atoms with Crippen LogP contribution >= 0.6 is 11.3 Å². The molecule has 0 bridgehead atoms. The molecule has 3 heterocycles. The van der Waals surface area contributed by atoms with Crippen LogP contribution in [0.4, 0.5) is 0 Å². The van der Waals surface area contributed by atoms with Crippen LogP contribution in [0.5, 0.6) is 0 Å². The van der Waals surface area contributed by atoms with Gasteiger partial charge in [0.15, 0.2) is 5.82 Å². The van der Waals surface area contributed by atoms with Crippen molar-refractivity contribution < 1.29 is 0 Å². The van der Waals surface area contributed by atoms with Crippen molar-refractivity contribution in [1.29, 1.82) is 5.26 Å². The van der Waals surface area contributed by atoms with Gasteiger partial charge in [-0.15, -0.1) is 16.4 Å². The number of aryl methyl sites for hydroxylation is 2. The number of rotatable bonds is 1. The van der Waals surface area contributed by atoms with Gasteiger partial charge in [-0.05, 0) is 19.4 Å². The maximum atomic E-state index is 8.75. The Bertz CT molecular complexity index is 779. The molecule has 0 saturated carbocycles. The molecule has 0 unspecified atom stereocenters. The van der Waals surface area contributed by atoms with Crippen molar-refractivity contribution in [3.8, 4) is 11.9 Å². The Morgan fingerprint density at radius 2 is 2.11 bits per heavy atom. The highest BCUT2D eigenvalue weighted by Gasteiger charge is 2.14. The zero-order valence-electron chi connectivity index (χ0n) is 9.75. The summed E-state index contributed by atoms with van der Waals surface area (Å²) >= 11 is 1.62. The number of hydrogen-bond donors (Lipinski definition) is 0. The molecule has 18 heavy (non-hydrogen) atoms. The van der Waals surface area contributed by atoms with E-state index in [1.165, 1.54) is 22.2 Å². The molecule has 0 N–H and O–H groups in total. The lowest BCUT2D eigenvalue weighted by Crippen LogP contribution is -2.00. The molecule has 0 aliphatic rings. The lowest BCUT2D eigenvalue weighted by Gasteiger charge is -2.01. The SMILES string of the molecule is Cc1sc2ncnc(-n3cnc(C#N)n3)c2c1C. The van der Waals surface area contributed by atoms with Crippen molar-refractivity contribution in [3.63, 3.8) is 0 Å². The first kappa shape index (κ1) is 10.8. The fourth-order valence-corrected chi connectivity index (χ4v) is 2.75. The smallest absolute Gasteiger partial charge is 0.225 e. The van der Waals surface area contributed by atoms with Crippen LogP contribution in [0.2, 0.25) is 0 Å². The van der Waals surface area contributed by atoms with Gasteiger partial charge in [-0.2, -0.15) is 5.26 Å². The maximum absolute atomic E-state index is 8.75. The van der Waals surface area contributed by atoms with E-state index in [-0.39, 0.29) is 5.82 Å². The molecule has 0 atom stereocenters. The van der Waals surface area contributed by atoms with Gasteiger partial charge in [0.05, 0.1) is 5.39 Å². The Morgan fingerprint density at radius 1 is 1.28 bits per heavy atom. The van der Waals surface area contributed by atoms with E-state index in [4.69, 9.17) is 5.26 Å². The van der Waals surface area contributed by atoms with Crippen molar-refractivity contribution in [2.75, 3.05) is 0 Å². The predicted molar refractivity (Wildman–Crippen MR) is 66.5 cm³/mol. The number of nitriles is 1. The van der Waals surface area contributed by atoms with Gasteiger partial charge in [0.25, 0.3) is 5.82 Å². The molecule has 0 fully saturated rings. The molecule has 0 aliphatic heterocycles. The largest absolute Gasteiger partial charge is 0.252 e. The summed E-state index contributed by atoms with van der Waals surface area (Å²) in [7, 11) is 0. The molecule has 0 aromatic carbocycles. The lowest BCUT2D eigenvalue weighted by molar-refractivity contribution is 0.844. The van der Waals surface area contributed by atoms with Gasteiger partial charge in [0.1, 0.15) is 23.6 Å². The van der Waals surface area contributed by atoms with E-state index in [2.05, 4.69) is 20.1 Å². The first-order valence-corrected chi connectivity index (χ1v) is 6.05. The number of nitrogens with zero attached hydrogens (tertiary/aromatic N) is 6. The topological polar surface area (TPSA) is 80.3 Å². The molecular weight excluding hydrogens is 248 g/mol. The third kappa shape index (κ3) is 1.47. The summed E-state index contributed by atoms with van der Waals surface area (Å²) in [5.41, 5.74) is 1.14. The molecule has 0 saturated heterocycles. The summed E-state index contributed by atoms with van der Waals surface area (Å²) in [5.74, 6) is 0.794. The van der Waals surface area contributed by atoms with Crippen molar-refractivity contribution >= 4 is 21.6 Å². The summed E-state index contributed by atoms with van der Waals surface area (Å²) in [6, 6.07) is 1.90. The van der Waals surface area contributed by atoms with Crippen LogP contribution < -0.4 is 0 Å². The van der Waals surface area contributed by atoms with Crippen LogP contribution in [0.3, 0.4) is 0 Å². The third-order valence-corrected chi connectivity index (χ3v) is 3.87. The fraction of sp³-hybridized carbons (Fsp3) is 0.182. The van der Waals surface area contributed by atoms with E-state index in [1.807, 2.05) is 19.9 Å². The van der Waals surface area contributed by atoms with E-state index >= 15 is 0 Å². The highest BCUT2D eigenvalue weighted by Crippen LogP contribution is 2.31. The van der Waals surface area contributed by atoms with Crippen LogP contribution in [0.25, 0.3) is 16.0 Å². The second kappa shape index (κ2) is 3.85. The maximum Gasteiger partial charge on any atom is 0.252 e. The molecule has 0 radical (unpaired) electrons. The van der Waals surface area contributed by atoms with Crippen LogP contribution in [-0.4, -0.2) is 24.7 Å². The van der Waals surface area contributed by atoms with E-state index in [0.717, 1.165) is 15.8 Å². The number of aromatic nitrogens is 5. The Morgan fingerprint density at radius 3 is 2.83 bits per heavy atom. The zero-order valence-corrected chi connectivity index (χ0v) is 10.6. The highest BCUT2D eigenvalue weighted by molar-refractivity contribution is 7.18. The van der Waals surface area contributed by atoms with Crippen LogP contribution in [0.15, 0.2) is 12.7 Å². The van der Waals surface area contributed by atoms with Gasteiger partial charge in [0, 0.05) is 4.88 Å². The second-order valence-electron chi connectivity index (χ2n) is 3.79. The molecular formula is C11H8N6S. The first-order chi connectivity index (χ1) is 8.70. The Hall–Kier alpha value is -2.33. The highest BCUT2D eigenvalue weighted by atomic mass is 32.1. The minimum Gasteiger partial charge on any atom is -0.225 e. The van der Waals surface area contributed by atoms with Gasteiger partial charge in [0.2, 0.25) is 0 Å². The Kier molecular flexibility index (Phi) is 2.31. The molecule has 7 heteroatoms. The van der Waals surface area contributed by atoms with Crippen LogP contribution in [0, 0.1) is 25.2 Å². The normalized spacial score (nSPS) is 10.7. The van der Waals surface area contributed by atoms with Crippen LogP contribution in [-0.2, 0) is 0 Å². The van der Waals surface area contributed by atoms with Gasteiger partial charge >= 0.3 is 0 Å². The Labute approximate surface area is 107 Å². The molecule has 6 nitrogen and oxygen atoms in total. The van der Waals surface area contributed by atoms with Crippen molar-refractivity contribution in [2.45, 2.75) is 13.8 Å². The van der Waals surface area contributed by atoms with Crippen molar-refractivity contribution in [1.82, 2.24) is 24.7 Å². The molecule has 3 aromatic rings. The standard InChI is InChI=1S/C11H8N6S/c1-6-7(2)18-11-9(6)10(13-4-14-11)17-5-15-8(3-12)16-17/h4-5H,1-2H3. The minimum atomic E-state index is 0.131. The van der Waals surface area contributed by atoms with E-state index in [0.29, 0.717) is 5.82 Å². The Balaban J connectivity index is 2.32. The van der Waals surface area contributed by atoms with E-state index < -0.39 is 0 Å². The lowest BCUT2D eigenvalue weighted by atomic mass is 10.2. The predicted octanol–water partition coefficient (Wildman–Crippen LogP) is 1.76. The molecule has 0 aliphatic carbocycles. The summed E-state index contributed by atoms with van der Waals surface area (Å²) in [4.78, 5) is 14.5. The third-order valence-electron chi connectivity index (χ3n) is 2.75. The number of thiophene rings is 1. The van der Waals surface area contributed by atoms with Crippen molar-refractivity contribution in [2.24, 2.45) is 0 Å². The van der Waals surface area contributed by atoms with E-state index in [1.54, 1.807) is 11.3 Å². The molecule has 0 spiro atoms. The van der Waals surface area contributed by atoms with Gasteiger partial charge < -0.3 is 0 Å². The quantitative estimate of drug-likeness (QED) is 0.662.